The van der Waals surface area contributed by atoms with Crippen molar-refractivity contribution < 1.29 is 9.59 Å². The summed E-state index contributed by atoms with van der Waals surface area (Å²) >= 11 is 3.32. The van der Waals surface area contributed by atoms with Gasteiger partial charge in [-0.1, -0.05) is 6.92 Å². The first-order valence-corrected chi connectivity index (χ1v) is 8.20. The zero-order valence-electron chi connectivity index (χ0n) is 11.6. The van der Waals surface area contributed by atoms with Crippen LogP contribution in [0.3, 0.4) is 0 Å². The molecule has 6 heteroatoms. The Bertz CT molecular complexity index is 181. The number of nitrogens with one attached hydrogen (secondary N) is 1. The predicted octanol–water partition coefficient (Wildman–Crippen LogP) is 1.59. The van der Waals surface area contributed by atoms with Gasteiger partial charge in [0.25, 0.3) is 0 Å². The molecule has 0 fully saturated rings. The zero-order valence-corrected chi connectivity index (χ0v) is 13.3. The van der Waals surface area contributed by atoms with Crippen molar-refractivity contribution in [3.05, 3.63) is 0 Å². The molecule has 104 valence electrons. The molecule has 0 aliphatic carbocycles. The summed E-state index contributed by atoms with van der Waals surface area (Å²) in [5.74, 6) is -0.263. The molecule has 2 atom stereocenters. The number of rotatable bonds is 5. The van der Waals surface area contributed by atoms with Crippen LogP contribution in [-0.4, -0.2) is 43.4 Å². The lowest BCUT2D eigenvalue weighted by molar-refractivity contribution is -0.126. The first-order chi connectivity index (χ1) is 8.03. The smallest absolute Gasteiger partial charge is 0.224 e. The van der Waals surface area contributed by atoms with Crippen LogP contribution in [0.25, 0.3) is 0 Å². The van der Waals surface area contributed by atoms with Gasteiger partial charge in [-0.25, -0.2) is 0 Å². The molecule has 0 bridgehead atoms. The third-order valence-corrected chi connectivity index (χ3v) is 2.42. The van der Waals surface area contributed by atoms with Crippen LogP contribution in [0.5, 0.6) is 0 Å². The van der Waals surface area contributed by atoms with Crippen molar-refractivity contribution in [3.63, 3.8) is 0 Å². The highest BCUT2D eigenvalue weighted by atomic mass is 32.2. The van der Waals surface area contributed by atoms with E-state index < -0.39 is 0 Å². The van der Waals surface area contributed by atoms with E-state index >= 15 is 0 Å². The lowest BCUT2D eigenvalue weighted by atomic mass is 10.1. The first kappa shape index (κ1) is 22.0. The van der Waals surface area contributed by atoms with Gasteiger partial charge in [-0.15, -0.1) is 11.8 Å². The zero-order chi connectivity index (χ0) is 14.3. The molecule has 0 rings (SSSR count). The monoisotopic (exact) mass is 282 g/mol. The second-order valence-corrected chi connectivity index (χ2v) is 5.09. The van der Waals surface area contributed by atoms with Crippen molar-refractivity contribution in [2.24, 2.45) is 11.7 Å². The van der Waals surface area contributed by atoms with Gasteiger partial charge < -0.3 is 15.8 Å². The fourth-order valence-electron chi connectivity index (χ4n) is 0.653. The van der Waals surface area contributed by atoms with E-state index in [2.05, 4.69) is 11.1 Å². The minimum atomic E-state index is -0.211. The molecule has 17 heavy (non-hydrogen) atoms. The van der Waals surface area contributed by atoms with Crippen molar-refractivity contribution in [2.45, 2.75) is 25.6 Å². The lowest BCUT2D eigenvalue weighted by Crippen LogP contribution is -2.34. The summed E-state index contributed by atoms with van der Waals surface area (Å²) in [7, 11) is 1.50. The molecule has 0 aromatic carbocycles. The minimum Gasteiger partial charge on any atom is -0.344 e. The number of nitrogens with two attached hydrogens (primary N) is 1. The van der Waals surface area contributed by atoms with E-state index in [9.17, 15) is 9.59 Å². The van der Waals surface area contributed by atoms with Crippen LogP contribution in [0.2, 0.25) is 0 Å². The average molecular weight is 282 g/mol. The van der Waals surface area contributed by atoms with E-state index in [1.807, 2.05) is 25.7 Å². The van der Waals surface area contributed by atoms with Crippen LogP contribution in [-0.2, 0) is 9.59 Å². The molecule has 0 saturated heterocycles. The van der Waals surface area contributed by atoms with Crippen LogP contribution in [0.4, 0.5) is 0 Å². The third-order valence-electron chi connectivity index (χ3n) is 1.60. The van der Waals surface area contributed by atoms with Crippen LogP contribution in [0, 0.1) is 5.92 Å². The van der Waals surface area contributed by atoms with Crippen molar-refractivity contribution in [2.75, 3.05) is 25.8 Å². The Hall–Kier alpha value is -0.200. The number of carbonyl (C=O) groups is 2. The average Bonchev–Trinajstić information content (AvgIpc) is 2.32. The molecule has 0 radical (unpaired) electrons. The summed E-state index contributed by atoms with van der Waals surface area (Å²) in [5.41, 5.74) is 4.50. The molecule has 0 aromatic heterocycles. The molecular formula is C11H26N2O2S2. The molecule has 0 spiro atoms. The normalized spacial score (nSPS) is 11.9. The van der Waals surface area contributed by atoms with E-state index in [0.29, 0.717) is 6.42 Å². The maximum atomic E-state index is 11.2. The standard InChI is InChI=1S/C8H15NO2S.C2H6S.CH5N/c1-6(4-5-10)8(11)9-7(2)12-3;1-3-2;1-2/h5-7H,4H2,1-3H3,(H,9,11);1-2H3;2H2,1H3. The second kappa shape index (κ2) is 18.2. The third kappa shape index (κ3) is 18.4. The summed E-state index contributed by atoms with van der Waals surface area (Å²) in [6, 6.07) is 0. The molecule has 3 N–H and O–H groups in total. The van der Waals surface area contributed by atoms with Gasteiger partial charge >= 0.3 is 0 Å². The van der Waals surface area contributed by atoms with E-state index in [1.54, 1.807) is 30.4 Å². The maximum absolute atomic E-state index is 11.2. The van der Waals surface area contributed by atoms with E-state index in [1.165, 1.54) is 7.05 Å². The Balaban J connectivity index is -0.000000337. The molecule has 1 amide bonds. The van der Waals surface area contributed by atoms with Gasteiger partial charge in [0, 0.05) is 12.3 Å². The number of carbonyl (C=O) groups excluding carboxylic acids is 2. The van der Waals surface area contributed by atoms with Gasteiger partial charge in [0.2, 0.25) is 5.91 Å². The van der Waals surface area contributed by atoms with Gasteiger partial charge in [-0.3, -0.25) is 4.79 Å². The number of hydrogen-bond acceptors (Lipinski definition) is 5. The van der Waals surface area contributed by atoms with E-state index in [4.69, 9.17) is 0 Å². The molecule has 0 saturated carbocycles. The highest BCUT2D eigenvalue weighted by Gasteiger charge is 2.13. The Kier molecular flexibility index (Phi) is 23.5. The van der Waals surface area contributed by atoms with Crippen LogP contribution in [0.15, 0.2) is 0 Å². The molecule has 0 heterocycles. The molecule has 0 aliphatic rings. The van der Waals surface area contributed by atoms with Crippen molar-refractivity contribution in [1.29, 1.82) is 0 Å². The highest BCUT2D eigenvalue weighted by molar-refractivity contribution is 7.99. The van der Waals surface area contributed by atoms with Crippen molar-refractivity contribution >= 4 is 35.7 Å². The van der Waals surface area contributed by atoms with E-state index in [0.717, 1.165) is 6.29 Å². The summed E-state index contributed by atoms with van der Waals surface area (Å²) in [5, 5.41) is 2.90. The van der Waals surface area contributed by atoms with Gasteiger partial charge in [0.1, 0.15) is 6.29 Å². The second-order valence-electron chi connectivity index (χ2n) is 3.10. The Morgan fingerprint density at radius 3 is 2.00 bits per heavy atom. The van der Waals surface area contributed by atoms with Crippen molar-refractivity contribution in [1.82, 2.24) is 5.32 Å². The predicted molar refractivity (Wildman–Crippen MR) is 80.5 cm³/mol. The number of thioether (sulfide) groups is 2. The summed E-state index contributed by atoms with van der Waals surface area (Å²) in [6.07, 6.45) is 7.08. The largest absolute Gasteiger partial charge is 0.344 e. The van der Waals surface area contributed by atoms with E-state index in [-0.39, 0.29) is 17.2 Å². The maximum Gasteiger partial charge on any atom is 0.224 e. The minimum absolute atomic E-state index is 0.0519. The molecular weight excluding hydrogens is 256 g/mol. The van der Waals surface area contributed by atoms with Crippen molar-refractivity contribution in [3.8, 4) is 0 Å². The molecule has 2 unspecified atom stereocenters. The highest BCUT2D eigenvalue weighted by Crippen LogP contribution is 2.04. The Labute approximate surface area is 114 Å². The van der Waals surface area contributed by atoms with Gasteiger partial charge in [0.05, 0.1) is 5.37 Å². The molecule has 4 nitrogen and oxygen atoms in total. The van der Waals surface area contributed by atoms with Gasteiger partial charge in [-0.05, 0) is 32.7 Å². The molecule has 0 aromatic rings. The summed E-state index contributed by atoms with van der Waals surface area (Å²) in [4.78, 5) is 21.3. The fourth-order valence-corrected chi connectivity index (χ4v) is 0.887. The topological polar surface area (TPSA) is 72.2 Å². The van der Waals surface area contributed by atoms with Gasteiger partial charge in [-0.2, -0.15) is 11.8 Å². The number of aldehydes is 1. The van der Waals surface area contributed by atoms with Crippen LogP contribution >= 0.6 is 23.5 Å². The summed E-state index contributed by atoms with van der Waals surface area (Å²) < 4.78 is 0. The number of hydrogen-bond donors (Lipinski definition) is 2. The SMILES string of the molecule is CN.CSC.CSC(C)NC(=O)C(C)CC=O. The quantitative estimate of drug-likeness (QED) is 0.592. The Morgan fingerprint density at radius 1 is 1.29 bits per heavy atom. The Morgan fingerprint density at radius 2 is 1.71 bits per heavy atom. The van der Waals surface area contributed by atoms with Crippen LogP contribution in [0.1, 0.15) is 20.3 Å². The van der Waals surface area contributed by atoms with Crippen LogP contribution < -0.4 is 11.1 Å². The molecule has 0 aliphatic heterocycles. The summed E-state index contributed by atoms with van der Waals surface area (Å²) in [6.45, 7) is 3.66. The van der Waals surface area contributed by atoms with Gasteiger partial charge in [0.15, 0.2) is 0 Å². The number of amides is 1. The fraction of sp³-hybridized carbons (Fsp3) is 0.818. The lowest BCUT2D eigenvalue weighted by Gasteiger charge is -2.13. The first-order valence-electron chi connectivity index (χ1n) is 5.28.